The van der Waals surface area contributed by atoms with Gasteiger partial charge in [0.1, 0.15) is 21.7 Å². The van der Waals surface area contributed by atoms with Crippen LogP contribution in [-0.4, -0.2) is 18.9 Å². The molecule has 0 bridgehead atoms. The van der Waals surface area contributed by atoms with E-state index in [2.05, 4.69) is 11.3 Å². The van der Waals surface area contributed by atoms with Crippen LogP contribution in [-0.2, 0) is 14.9 Å². The van der Waals surface area contributed by atoms with Crippen molar-refractivity contribution >= 4 is 16.1 Å². The maximum Gasteiger partial charge on any atom is 0.338 e. The Morgan fingerprint density at radius 2 is 2.06 bits per heavy atom. The average Bonchev–Trinajstić information content (AvgIpc) is 2.15. The van der Waals surface area contributed by atoms with Crippen LogP contribution in [0.15, 0.2) is 35.2 Å². The third-order valence-corrected chi connectivity index (χ3v) is 2.60. The van der Waals surface area contributed by atoms with Gasteiger partial charge >= 0.3 is 5.97 Å². The lowest BCUT2D eigenvalue weighted by atomic mass is 10.3. The quantitative estimate of drug-likeness (QED) is 0.352. The highest BCUT2D eigenvalue weighted by molar-refractivity contribution is 7.85. The number of carbonyl (C=O) groups is 1. The summed E-state index contributed by atoms with van der Waals surface area (Å²) in [5.74, 6) is -2.25. The summed E-state index contributed by atoms with van der Waals surface area (Å²) in [6.07, 6.45) is 0. The van der Waals surface area contributed by atoms with Crippen molar-refractivity contribution in [3.05, 3.63) is 36.2 Å². The van der Waals surface area contributed by atoms with E-state index in [-0.39, 0.29) is 11.3 Å². The SMILES string of the molecule is C=C(C)C(=O)Oc1ccc(S(=O)(=O)[O-])c(F)c1. The second-order valence-electron chi connectivity index (χ2n) is 3.22. The number of ether oxygens (including phenoxy) is 1. The third kappa shape index (κ3) is 3.36. The second-order valence-corrected chi connectivity index (χ2v) is 4.56. The Balaban J connectivity index is 3.06. The van der Waals surface area contributed by atoms with Gasteiger partial charge in [0.25, 0.3) is 0 Å². The first-order valence-electron chi connectivity index (χ1n) is 4.35. The number of esters is 1. The number of benzene rings is 1. The lowest BCUT2D eigenvalue weighted by Gasteiger charge is -2.09. The van der Waals surface area contributed by atoms with E-state index in [0.29, 0.717) is 6.07 Å². The molecular weight excluding hydrogens is 251 g/mol. The molecule has 0 heterocycles. The first-order chi connectivity index (χ1) is 7.71. The molecular formula is C10H8FO5S-. The number of carbonyl (C=O) groups excluding carboxylic acids is 1. The summed E-state index contributed by atoms with van der Waals surface area (Å²) in [6, 6.07) is 2.39. The molecule has 1 aromatic rings. The van der Waals surface area contributed by atoms with Gasteiger partial charge in [-0.25, -0.2) is 17.6 Å². The van der Waals surface area contributed by atoms with Crippen molar-refractivity contribution in [1.82, 2.24) is 0 Å². The summed E-state index contributed by atoms with van der Waals surface area (Å²) >= 11 is 0. The molecule has 0 aliphatic carbocycles. The molecule has 5 nitrogen and oxygen atoms in total. The highest BCUT2D eigenvalue weighted by Gasteiger charge is 2.12. The van der Waals surface area contributed by atoms with Crippen molar-refractivity contribution < 1.29 is 26.9 Å². The fraction of sp³-hybridized carbons (Fsp3) is 0.100. The van der Waals surface area contributed by atoms with Crippen molar-refractivity contribution in [3.63, 3.8) is 0 Å². The van der Waals surface area contributed by atoms with E-state index < -0.39 is 26.8 Å². The summed E-state index contributed by atoms with van der Waals surface area (Å²) < 4.78 is 49.6. The molecule has 92 valence electrons. The van der Waals surface area contributed by atoms with Gasteiger partial charge in [0, 0.05) is 11.6 Å². The minimum atomic E-state index is -4.88. The minimum absolute atomic E-state index is 0.103. The van der Waals surface area contributed by atoms with Gasteiger partial charge in [-0.05, 0) is 19.1 Å². The summed E-state index contributed by atoms with van der Waals surface area (Å²) in [5, 5.41) is 0. The largest absolute Gasteiger partial charge is 0.744 e. The molecule has 0 radical (unpaired) electrons. The van der Waals surface area contributed by atoms with Crippen LogP contribution in [0.3, 0.4) is 0 Å². The van der Waals surface area contributed by atoms with Gasteiger partial charge in [-0.3, -0.25) is 0 Å². The molecule has 0 aliphatic rings. The van der Waals surface area contributed by atoms with Gasteiger partial charge in [-0.15, -0.1) is 0 Å². The zero-order valence-electron chi connectivity index (χ0n) is 8.77. The number of rotatable bonds is 3. The first kappa shape index (κ1) is 13.3. The van der Waals surface area contributed by atoms with E-state index in [9.17, 15) is 22.2 Å². The standard InChI is InChI=1S/C10H9FO5S/c1-6(2)10(12)16-7-3-4-9(8(11)5-7)17(13,14)15/h3-5H,1H2,2H3,(H,13,14,15)/p-1. The van der Waals surface area contributed by atoms with Crippen LogP contribution < -0.4 is 4.74 Å². The van der Waals surface area contributed by atoms with Crippen LogP contribution in [0.1, 0.15) is 6.92 Å². The fourth-order valence-electron chi connectivity index (χ4n) is 0.942. The van der Waals surface area contributed by atoms with Gasteiger partial charge in [0.2, 0.25) is 0 Å². The van der Waals surface area contributed by atoms with Crippen LogP contribution in [0.5, 0.6) is 5.75 Å². The lowest BCUT2D eigenvalue weighted by Crippen LogP contribution is -2.09. The topological polar surface area (TPSA) is 83.5 Å². The predicted octanol–water partition coefficient (Wildman–Crippen LogP) is 1.21. The maximum atomic E-state index is 13.2. The molecule has 1 rings (SSSR count). The predicted molar refractivity (Wildman–Crippen MR) is 54.8 cm³/mol. The number of halogens is 1. The molecule has 17 heavy (non-hydrogen) atoms. The zero-order chi connectivity index (χ0) is 13.2. The highest BCUT2D eigenvalue weighted by Crippen LogP contribution is 2.20. The molecule has 0 fully saturated rings. The molecule has 0 unspecified atom stereocenters. The van der Waals surface area contributed by atoms with Crippen molar-refractivity contribution in [1.29, 1.82) is 0 Å². The minimum Gasteiger partial charge on any atom is -0.744 e. The van der Waals surface area contributed by atoms with E-state index in [4.69, 9.17) is 0 Å². The molecule has 0 aliphatic heterocycles. The Bertz CT molecular complexity index is 576. The normalized spacial score (nSPS) is 11.0. The van der Waals surface area contributed by atoms with E-state index in [1.165, 1.54) is 6.92 Å². The van der Waals surface area contributed by atoms with Gasteiger partial charge in [-0.1, -0.05) is 6.58 Å². The average molecular weight is 259 g/mol. The van der Waals surface area contributed by atoms with Crippen LogP contribution in [0.25, 0.3) is 0 Å². The van der Waals surface area contributed by atoms with E-state index in [1.54, 1.807) is 0 Å². The number of hydrogen-bond acceptors (Lipinski definition) is 5. The second kappa shape index (κ2) is 4.64. The molecule has 1 aromatic carbocycles. The van der Waals surface area contributed by atoms with Crippen molar-refractivity contribution in [2.75, 3.05) is 0 Å². The molecule has 0 atom stereocenters. The van der Waals surface area contributed by atoms with Gasteiger partial charge in [-0.2, -0.15) is 0 Å². The Labute approximate surface area is 97.3 Å². The van der Waals surface area contributed by atoms with Gasteiger partial charge < -0.3 is 9.29 Å². The fourth-order valence-corrected chi connectivity index (χ4v) is 1.47. The Morgan fingerprint density at radius 3 is 2.47 bits per heavy atom. The smallest absolute Gasteiger partial charge is 0.338 e. The maximum absolute atomic E-state index is 13.2. The van der Waals surface area contributed by atoms with Gasteiger partial charge in [0.05, 0.1) is 4.90 Å². The van der Waals surface area contributed by atoms with E-state index in [0.717, 1.165) is 12.1 Å². The summed E-state index contributed by atoms with van der Waals surface area (Å²) in [6.45, 7) is 4.71. The first-order valence-corrected chi connectivity index (χ1v) is 5.76. The van der Waals surface area contributed by atoms with Crippen LogP contribution >= 0.6 is 0 Å². The van der Waals surface area contributed by atoms with Crippen LogP contribution in [0, 0.1) is 5.82 Å². The summed E-state index contributed by atoms with van der Waals surface area (Å²) in [4.78, 5) is 10.1. The third-order valence-electron chi connectivity index (χ3n) is 1.73. The molecule has 0 saturated heterocycles. The molecule has 0 aromatic heterocycles. The molecule has 7 heteroatoms. The summed E-state index contributed by atoms with van der Waals surface area (Å²) in [7, 11) is -4.88. The van der Waals surface area contributed by atoms with Crippen LogP contribution in [0.4, 0.5) is 4.39 Å². The molecule has 0 amide bonds. The number of hydrogen-bond donors (Lipinski definition) is 0. The van der Waals surface area contributed by atoms with Crippen molar-refractivity contribution in [2.45, 2.75) is 11.8 Å². The van der Waals surface area contributed by atoms with Crippen molar-refractivity contribution in [2.24, 2.45) is 0 Å². The zero-order valence-corrected chi connectivity index (χ0v) is 9.58. The van der Waals surface area contributed by atoms with Crippen molar-refractivity contribution in [3.8, 4) is 5.75 Å². The van der Waals surface area contributed by atoms with E-state index >= 15 is 0 Å². The Hall–Kier alpha value is -1.73. The van der Waals surface area contributed by atoms with E-state index in [1.807, 2.05) is 0 Å². The monoisotopic (exact) mass is 259 g/mol. The molecule has 0 spiro atoms. The molecule has 0 saturated carbocycles. The Kier molecular flexibility index (Phi) is 3.64. The molecule has 0 N–H and O–H groups in total. The lowest BCUT2D eigenvalue weighted by molar-refractivity contribution is -0.130. The Morgan fingerprint density at radius 1 is 1.47 bits per heavy atom. The van der Waals surface area contributed by atoms with Gasteiger partial charge in [0.15, 0.2) is 0 Å². The van der Waals surface area contributed by atoms with Crippen LogP contribution in [0.2, 0.25) is 0 Å². The summed E-state index contributed by atoms with van der Waals surface area (Å²) in [5.41, 5.74) is 0.103. The highest BCUT2D eigenvalue weighted by atomic mass is 32.2.